The third-order valence-electron chi connectivity index (χ3n) is 20.6. The lowest BCUT2D eigenvalue weighted by molar-refractivity contribution is -0.182. The van der Waals surface area contributed by atoms with E-state index in [2.05, 4.69) is 10.6 Å². The van der Waals surface area contributed by atoms with Crippen LogP contribution in [0.15, 0.2) is 0 Å². The average Bonchev–Trinajstić information content (AvgIpc) is 2.07. The van der Waals surface area contributed by atoms with E-state index < -0.39 is 161 Å². The van der Waals surface area contributed by atoms with E-state index in [1.165, 1.54) is 121 Å². The number of likely N-dealkylation sites (N-methyl/N-ethyl adjacent to an activating group) is 7. The molecule has 5 rings (SSSR count). The van der Waals surface area contributed by atoms with Crippen molar-refractivity contribution < 1.29 is 65.9 Å². The number of fused-ring (bicyclic) bond motifs is 2. The zero-order valence-corrected chi connectivity index (χ0v) is 56.4. The Bertz CT molecular complexity index is 2590. The first kappa shape index (κ1) is 74.0. The quantitative estimate of drug-likeness (QED) is 0.311. The summed E-state index contributed by atoms with van der Waals surface area (Å²) in [7, 11) is 10.2. The van der Waals surface area contributed by atoms with E-state index in [-0.39, 0.29) is 82.7 Å². The van der Waals surface area contributed by atoms with Gasteiger partial charge in [0.1, 0.15) is 53.9 Å². The Kier molecular flexibility index (Phi) is 25.8. The molecule has 11 amide bonds. The summed E-state index contributed by atoms with van der Waals surface area (Å²) in [4.78, 5) is 172. The molecule has 3 unspecified atom stereocenters. The molecule has 13 atom stereocenters. The summed E-state index contributed by atoms with van der Waals surface area (Å²) in [6.45, 7) is 14.5. The largest absolute Gasteiger partial charge is 0.393 e. The first-order valence-electron chi connectivity index (χ1n) is 32.2. The van der Waals surface area contributed by atoms with Gasteiger partial charge in [0.15, 0.2) is 0 Å². The lowest BCUT2D eigenvalue weighted by atomic mass is 9.78. The van der Waals surface area contributed by atoms with E-state index in [4.69, 9.17) is 11.6 Å². The number of hydrogen-bond acceptors (Lipinski definition) is 11. The van der Waals surface area contributed by atoms with Crippen molar-refractivity contribution in [3.63, 3.8) is 0 Å². The van der Waals surface area contributed by atoms with Crippen LogP contribution in [0.5, 0.6) is 0 Å². The molecule has 5 fully saturated rings. The van der Waals surface area contributed by atoms with Crippen molar-refractivity contribution in [3.05, 3.63) is 0 Å². The third kappa shape index (κ3) is 17.2. The van der Waals surface area contributed by atoms with Crippen molar-refractivity contribution in [3.8, 4) is 0 Å². The molecule has 0 radical (unpaired) electrons. The van der Waals surface area contributed by atoms with Crippen LogP contribution in [0.2, 0.25) is 0 Å². The molecule has 2 N–H and O–H groups in total. The van der Waals surface area contributed by atoms with Crippen LogP contribution in [0.3, 0.4) is 0 Å². The Morgan fingerprint density at radius 1 is 0.607 bits per heavy atom. The normalized spacial score (nSPS) is 31.7. The van der Waals surface area contributed by atoms with Crippen LogP contribution in [-0.2, 0) is 52.7 Å². The Morgan fingerprint density at radius 2 is 1.21 bits per heavy atom. The Labute approximate surface area is 530 Å². The second-order valence-electron chi connectivity index (χ2n) is 27.2. The Morgan fingerprint density at radius 3 is 1.78 bits per heavy atom. The lowest BCUT2D eigenvalue weighted by Gasteiger charge is -2.45. The van der Waals surface area contributed by atoms with E-state index in [9.17, 15) is 61.1 Å². The molecule has 2 aliphatic carbocycles. The SMILES string of the molecule is CC[C@H](C)[C@@H]1NC(=O)[C@H](C)N(C)C(=O)C[C@@H](C)N(C)C(=O)[C@H](C(C)C)N(C)C(=O)C(C)(C)N(C)C(=O)[C@@H]2CCCN2C(=O)[C@H](CCC2CCC(C(F)(F)F)C(Cl)C2)NC(=O)CN(C)C(=O)[C@H](CC2CCCCC2)N(C)C(=O)[C@@H]2CCN2C(=O)[C@H](C)N(C)C1=O. The molecule has 0 aromatic carbocycles. The number of amides is 11. The predicted octanol–water partition coefficient (Wildman–Crippen LogP) is 4.88. The first-order valence-corrected chi connectivity index (χ1v) is 32.6. The summed E-state index contributed by atoms with van der Waals surface area (Å²) in [5, 5.41) is 4.44. The summed E-state index contributed by atoms with van der Waals surface area (Å²) >= 11 is 6.36. The molecule has 0 spiro atoms. The molecule has 0 bridgehead atoms. The molecule has 22 nitrogen and oxygen atoms in total. The highest BCUT2D eigenvalue weighted by Gasteiger charge is 2.50. The lowest BCUT2D eigenvalue weighted by Crippen LogP contribution is -2.65. The smallest absolute Gasteiger partial charge is 0.343 e. The summed E-state index contributed by atoms with van der Waals surface area (Å²) in [5.41, 5.74) is -1.63. The Balaban J connectivity index is 1.53. The molecule has 3 aliphatic heterocycles. The molecule has 5 aliphatic rings. The molecule has 3 heterocycles. The molecular weight excluding hydrogens is 1180 g/mol. The van der Waals surface area contributed by atoms with E-state index in [0.717, 1.165) is 32.1 Å². The molecular formula is C63H103ClF3N11O11. The van der Waals surface area contributed by atoms with Gasteiger partial charge in [0.05, 0.1) is 12.5 Å². The average molecular weight is 1280 g/mol. The van der Waals surface area contributed by atoms with E-state index in [1.807, 2.05) is 6.92 Å². The number of nitrogens with one attached hydrogen (secondary N) is 2. The van der Waals surface area contributed by atoms with E-state index in [1.54, 1.807) is 27.7 Å². The molecule has 89 heavy (non-hydrogen) atoms. The van der Waals surface area contributed by atoms with Crippen molar-refractivity contribution in [1.82, 2.24) is 54.7 Å². The molecule has 3 saturated heterocycles. The maximum Gasteiger partial charge on any atom is 0.393 e. The summed E-state index contributed by atoms with van der Waals surface area (Å²) in [6.07, 6.45) is 1.35. The van der Waals surface area contributed by atoms with Gasteiger partial charge in [0.2, 0.25) is 65.0 Å². The molecule has 0 aromatic heterocycles. The summed E-state index contributed by atoms with van der Waals surface area (Å²) in [6, 6.07) is -9.71. The first-order chi connectivity index (χ1) is 41.4. The van der Waals surface area contributed by atoms with Gasteiger partial charge >= 0.3 is 6.18 Å². The van der Waals surface area contributed by atoms with Crippen LogP contribution < -0.4 is 10.6 Å². The van der Waals surface area contributed by atoms with Crippen molar-refractivity contribution >= 4 is 76.6 Å². The fourth-order valence-electron chi connectivity index (χ4n) is 13.4. The fraction of sp³-hybridized carbons (Fsp3) is 0.825. The molecule has 0 aromatic rings. The second-order valence-corrected chi connectivity index (χ2v) is 27.8. The number of rotatable bonds is 8. The number of hydrogen-bond donors (Lipinski definition) is 2. The number of alkyl halides is 4. The van der Waals surface area contributed by atoms with Crippen molar-refractivity contribution in [2.45, 2.75) is 237 Å². The molecule has 26 heteroatoms. The van der Waals surface area contributed by atoms with E-state index in [0.29, 0.717) is 12.8 Å². The standard InChI is InChI=1S/C63H103ClF3N11O11/c1-17-37(4)51-59(87)73(13)40(7)54(82)78-31-29-47(78)57(85)74(14)48(34-41-22-19-18-20-23-41)56(84)70(10)35-49(79)68-45(28-26-42-25-27-43(44(64)33-42)63(65,66)67)55(83)77-30-21-24-46(77)58(86)76(16)62(8,9)61(89)75(15)52(36(2)3)60(88)71(11)38(5)32-50(80)72(12)39(6)53(81)69-51/h36-48,51-52H,17-35H2,1-16H3,(H,68,79)(H,69,81)/t37-,38+,39-,40-,42?,43?,44?,45-,46-,47-,48-,51-,52-/m0/s1. The highest BCUT2D eigenvalue weighted by Crippen LogP contribution is 2.44. The van der Waals surface area contributed by atoms with Crippen LogP contribution in [0.1, 0.15) is 165 Å². The number of carbonyl (C=O) groups excluding carboxylic acids is 11. The van der Waals surface area contributed by atoms with Crippen LogP contribution in [0.4, 0.5) is 13.2 Å². The number of carbonyl (C=O) groups is 11. The fourth-order valence-corrected chi connectivity index (χ4v) is 14.0. The topological polar surface area (TPSA) is 241 Å². The minimum atomic E-state index is -4.49. The van der Waals surface area contributed by atoms with E-state index >= 15 is 4.79 Å². The maximum absolute atomic E-state index is 15.0. The summed E-state index contributed by atoms with van der Waals surface area (Å²) in [5.74, 6) is -9.39. The molecule has 2 saturated carbocycles. The predicted molar refractivity (Wildman–Crippen MR) is 329 cm³/mol. The number of halogens is 4. The van der Waals surface area contributed by atoms with Gasteiger partial charge in [-0.15, -0.1) is 11.6 Å². The van der Waals surface area contributed by atoms with Gasteiger partial charge in [-0.25, -0.2) is 0 Å². The van der Waals surface area contributed by atoms with Gasteiger partial charge in [0.25, 0.3) is 0 Å². The van der Waals surface area contributed by atoms with Gasteiger partial charge in [-0.3, -0.25) is 52.7 Å². The van der Waals surface area contributed by atoms with Gasteiger partial charge < -0.3 is 54.7 Å². The van der Waals surface area contributed by atoms with Crippen LogP contribution >= 0.6 is 11.6 Å². The zero-order chi connectivity index (χ0) is 67.1. The number of nitrogens with zero attached hydrogens (tertiary/aromatic N) is 9. The van der Waals surface area contributed by atoms with Gasteiger partial charge in [-0.05, 0) is 116 Å². The third-order valence-corrected chi connectivity index (χ3v) is 21.0. The molecule has 504 valence electrons. The van der Waals surface area contributed by atoms with Crippen LogP contribution in [-0.4, -0.2) is 250 Å². The Hall–Kier alpha value is -5.75. The zero-order valence-electron chi connectivity index (χ0n) is 55.6. The van der Waals surface area contributed by atoms with Gasteiger partial charge in [-0.2, -0.15) is 13.2 Å². The van der Waals surface area contributed by atoms with Crippen molar-refractivity contribution in [2.75, 3.05) is 69.0 Å². The summed E-state index contributed by atoms with van der Waals surface area (Å²) < 4.78 is 41.7. The van der Waals surface area contributed by atoms with Crippen LogP contribution in [0, 0.1) is 29.6 Å². The van der Waals surface area contributed by atoms with Gasteiger partial charge in [-0.1, -0.05) is 66.2 Å². The maximum atomic E-state index is 15.0. The monoisotopic (exact) mass is 1280 g/mol. The minimum absolute atomic E-state index is 0.0109. The van der Waals surface area contributed by atoms with Crippen LogP contribution in [0.25, 0.3) is 0 Å². The highest BCUT2D eigenvalue weighted by molar-refractivity contribution is 6.20. The highest BCUT2D eigenvalue weighted by atomic mass is 35.5. The van der Waals surface area contributed by atoms with Crippen molar-refractivity contribution in [1.29, 1.82) is 0 Å². The minimum Gasteiger partial charge on any atom is -0.343 e. The second kappa shape index (κ2) is 31.0. The van der Waals surface area contributed by atoms with Crippen molar-refractivity contribution in [2.24, 2.45) is 29.6 Å². The van der Waals surface area contributed by atoms with Gasteiger partial charge in [0, 0.05) is 80.3 Å².